The van der Waals surface area contributed by atoms with Gasteiger partial charge in [0.1, 0.15) is 11.0 Å². The fraction of sp³-hybridized carbons (Fsp3) is 0.263. The Morgan fingerprint density at radius 1 is 0.760 bits per heavy atom. The van der Waals surface area contributed by atoms with Crippen LogP contribution in [0.3, 0.4) is 0 Å². The molecule has 0 fully saturated rings. The lowest BCUT2D eigenvalue weighted by molar-refractivity contribution is 0.613. The predicted octanol–water partition coefficient (Wildman–Crippen LogP) is 5.60. The van der Waals surface area contributed by atoms with Gasteiger partial charge in [-0.15, -0.1) is 0 Å². The van der Waals surface area contributed by atoms with Crippen molar-refractivity contribution < 1.29 is 0 Å². The third-order valence-electron chi connectivity index (χ3n) is 4.87. The molecule has 6 heteroatoms. The summed E-state index contributed by atoms with van der Waals surface area (Å²) < 4.78 is 6.72. The average Bonchev–Trinajstić information content (AvgIpc) is 3.02. The fourth-order valence-electron chi connectivity index (χ4n) is 3.81. The lowest BCUT2D eigenvalue weighted by Gasteiger charge is -2.05. The summed E-state index contributed by atoms with van der Waals surface area (Å²) in [5, 5.41) is 0. The third-order valence-corrected chi connectivity index (χ3v) is 6.08. The maximum Gasteiger partial charge on any atom is 0.177 e. The van der Waals surface area contributed by atoms with E-state index in [9.17, 15) is 0 Å². The number of nitrogens with zero attached hydrogens (tertiary/aromatic N) is 4. The van der Waals surface area contributed by atoms with Gasteiger partial charge in [-0.25, -0.2) is 9.97 Å². The number of imidazole rings is 2. The van der Waals surface area contributed by atoms with Crippen LogP contribution in [0.1, 0.15) is 17.5 Å². The van der Waals surface area contributed by atoms with Gasteiger partial charge in [0.2, 0.25) is 0 Å². The molecule has 5 rings (SSSR count). The SMILES string of the molecule is Cc1cc(Br)c2nc3n(c2c1)CCCn1c-3nc2c(Br)cc(C)cc21. The Bertz CT molecular complexity index is 1080. The van der Waals surface area contributed by atoms with E-state index in [1.165, 1.54) is 22.2 Å². The van der Waals surface area contributed by atoms with Crippen molar-refractivity contribution in [2.75, 3.05) is 0 Å². The van der Waals surface area contributed by atoms with Gasteiger partial charge < -0.3 is 9.13 Å². The molecule has 0 atom stereocenters. The molecule has 2 aromatic heterocycles. The first kappa shape index (κ1) is 15.6. The summed E-state index contributed by atoms with van der Waals surface area (Å²) in [6, 6.07) is 8.68. The van der Waals surface area contributed by atoms with Gasteiger partial charge in [-0.3, -0.25) is 0 Å². The van der Waals surface area contributed by atoms with Crippen LogP contribution in [0.4, 0.5) is 0 Å². The van der Waals surface area contributed by atoms with Gasteiger partial charge in [-0.1, -0.05) is 0 Å². The Kier molecular flexibility index (Phi) is 3.38. The minimum absolute atomic E-state index is 0.958. The number of halogens is 2. The van der Waals surface area contributed by atoms with E-state index >= 15 is 0 Å². The molecule has 126 valence electrons. The Balaban J connectivity index is 1.90. The Labute approximate surface area is 162 Å². The van der Waals surface area contributed by atoms with E-state index in [-0.39, 0.29) is 0 Å². The van der Waals surface area contributed by atoms with Gasteiger partial charge in [0, 0.05) is 22.0 Å². The van der Waals surface area contributed by atoms with E-state index in [1.807, 2.05) is 0 Å². The zero-order valence-electron chi connectivity index (χ0n) is 14.0. The zero-order chi connectivity index (χ0) is 17.3. The molecule has 1 aliphatic heterocycles. The summed E-state index contributed by atoms with van der Waals surface area (Å²) in [6.45, 7) is 6.16. The van der Waals surface area contributed by atoms with Crippen molar-refractivity contribution in [2.45, 2.75) is 33.4 Å². The summed E-state index contributed by atoms with van der Waals surface area (Å²) in [6.07, 6.45) is 1.06. The maximum atomic E-state index is 4.96. The molecular formula is C19H16Br2N4. The smallest absolute Gasteiger partial charge is 0.177 e. The topological polar surface area (TPSA) is 35.6 Å². The van der Waals surface area contributed by atoms with Crippen LogP contribution in [0.25, 0.3) is 33.7 Å². The first-order valence-electron chi connectivity index (χ1n) is 8.36. The molecule has 1 aliphatic rings. The quantitative estimate of drug-likeness (QED) is 0.343. The lowest BCUT2D eigenvalue weighted by Crippen LogP contribution is -1.99. The van der Waals surface area contributed by atoms with Crippen LogP contribution in [-0.4, -0.2) is 19.1 Å². The zero-order valence-corrected chi connectivity index (χ0v) is 17.1. The summed E-state index contributed by atoms with van der Waals surface area (Å²) >= 11 is 7.36. The highest BCUT2D eigenvalue weighted by Gasteiger charge is 2.24. The van der Waals surface area contributed by atoms with Crippen LogP contribution in [-0.2, 0) is 13.1 Å². The molecule has 4 aromatic rings. The van der Waals surface area contributed by atoms with E-state index in [0.717, 1.165) is 51.1 Å². The molecule has 0 N–H and O–H groups in total. The maximum absolute atomic E-state index is 4.96. The molecular weight excluding hydrogens is 444 g/mol. The molecule has 0 saturated heterocycles. The van der Waals surface area contributed by atoms with Crippen molar-refractivity contribution in [3.05, 3.63) is 44.3 Å². The molecule has 0 saturated carbocycles. The number of rotatable bonds is 0. The molecule has 0 radical (unpaired) electrons. The van der Waals surface area contributed by atoms with Crippen LogP contribution in [0, 0.1) is 13.8 Å². The summed E-state index contributed by atoms with van der Waals surface area (Å²) in [7, 11) is 0. The Morgan fingerprint density at radius 3 is 1.64 bits per heavy atom. The number of hydrogen-bond acceptors (Lipinski definition) is 2. The molecule has 25 heavy (non-hydrogen) atoms. The number of aromatic nitrogens is 4. The third kappa shape index (κ3) is 2.23. The number of benzene rings is 2. The lowest BCUT2D eigenvalue weighted by atomic mass is 10.2. The van der Waals surface area contributed by atoms with Crippen LogP contribution in [0.5, 0.6) is 0 Å². The Hall–Kier alpha value is -1.66. The molecule has 4 nitrogen and oxygen atoms in total. The molecule has 0 bridgehead atoms. The van der Waals surface area contributed by atoms with Gasteiger partial charge >= 0.3 is 0 Å². The summed E-state index contributed by atoms with van der Waals surface area (Å²) in [5.41, 5.74) is 6.85. The number of fused-ring (bicyclic) bond motifs is 7. The molecule has 0 aliphatic carbocycles. The number of hydrogen-bond donors (Lipinski definition) is 0. The molecule has 0 amide bonds. The van der Waals surface area contributed by atoms with Gasteiger partial charge in [0.05, 0.1) is 11.0 Å². The standard InChI is InChI=1S/C19H16Br2N4/c1-10-6-12(20)16-14(8-10)24-4-3-5-25-15-9-11(2)7-13(21)17(15)23-19(25)18(24)22-16/h6-9H,3-5H2,1-2H3. The van der Waals surface area contributed by atoms with Crippen molar-refractivity contribution in [1.29, 1.82) is 0 Å². The summed E-state index contributed by atoms with van der Waals surface area (Å²) in [4.78, 5) is 9.92. The summed E-state index contributed by atoms with van der Waals surface area (Å²) in [5.74, 6) is 1.92. The van der Waals surface area contributed by atoms with Gasteiger partial charge in [0.25, 0.3) is 0 Å². The first-order valence-corrected chi connectivity index (χ1v) is 9.94. The largest absolute Gasteiger partial charge is 0.321 e. The molecule has 2 aromatic carbocycles. The van der Waals surface area contributed by atoms with Crippen molar-refractivity contribution in [1.82, 2.24) is 19.1 Å². The van der Waals surface area contributed by atoms with Gasteiger partial charge in [-0.2, -0.15) is 0 Å². The van der Waals surface area contributed by atoms with E-state index in [4.69, 9.17) is 9.97 Å². The van der Waals surface area contributed by atoms with E-state index in [0.29, 0.717) is 0 Å². The average molecular weight is 460 g/mol. The second kappa shape index (κ2) is 5.42. The highest BCUT2D eigenvalue weighted by atomic mass is 79.9. The Morgan fingerprint density at radius 2 is 1.20 bits per heavy atom. The predicted molar refractivity (Wildman–Crippen MR) is 108 cm³/mol. The van der Waals surface area contributed by atoms with E-state index in [2.05, 4.69) is 79.1 Å². The van der Waals surface area contributed by atoms with Crippen molar-refractivity contribution in [2.24, 2.45) is 0 Å². The van der Waals surface area contributed by atoms with Crippen molar-refractivity contribution in [3.8, 4) is 11.6 Å². The van der Waals surface area contributed by atoms with Crippen LogP contribution < -0.4 is 0 Å². The van der Waals surface area contributed by atoms with Crippen LogP contribution in [0.2, 0.25) is 0 Å². The van der Waals surface area contributed by atoms with Crippen LogP contribution >= 0.6 is 31.9 Å². The van der Waals surface area contributed by atoms with E-state index < -0.39 is 0 Å². The van der Waals surface area contributed by atoms with Crippen molar-refractivity contribution in [3.63, 3.8) is 0 Å². The van der Waals surface area contributed by atoms with E-state index in [1.54, 1.807) is 0 Å². The minimum atomic E-state index is 0.958. The molecule has 3 heterocycles. The normalized spacial score (nSPS) is 13.9. The monoisotopic (exact) mass is 458 g/mol. The van der Waals surface area contributed by atoms with Crippen molar-refractivity contribution >= 4 is 53.9 Å². The first-order chi connectivity index (χ1) is 12.0. The highest BCUT2D eigenvalue weighted by molar-refractivity contribution is 9.11. The second-order valence-electron chi connectivity index (χ2n) is 6.76. The highest BCUT2D eigenvalue weighted by Crippen LogP contribution is 2.35. The van der Waals surface area contributed by atoms with Gasteiger partial charge in [0.15, 0.2) is 11.6 Å². The molecule has 0 spiro atoms. The number of aryl methyl sites for hydroxylation is 4. The second-order valence-corrected chi connectivity index (χ2v) is 8.47. The van der Waals surface area contributed by atoms with Crippen LogP contribution in [0.15, 0.2) is 33.2 Å². The van der Waals surface area contributed by atoms with Gasteiger partial charge in [-0.05, 0) is 87.5 Å². The fourth-order valence-corrected chi connectivity index (χ4v) is 5.11. The minimum Gasteiger partial charge on any atom is -0.321 e. The molecule has 0 unspecified atom stereocenters.